The predicted molar refractivity (Wildman–Crippen MR) is 122 cm³/mol. The summed E-state index contributed by atoms with van der Waals surface area (Å²) in [6.45, 7) is 5.49. The summed E-state index contributed by atoms with van der Waals surface area (Å²) in [6, 6.07) is 17.7. The molecule has 3 aromatic rings. The first-order valence-electron chi connectivity index (χ1n) is 10.2. The number of halogens is 1. The summed E-state index contributed by atoms with van der Waals surface area (Å²) in [6.07, 6.45) is 1.80. The van der Waals surface area contributed by atoms with Gasteiger partial charge in [-0.15, -0.1) is 10.2 Å². The van der Waals surface area contributed by atoms with E-state index in [4.69, 9.17) is 11.6 Å². The molecule has 1 amide bonds. The first-order valence-corrected chi connectivity index (χ1v) is 10.6. The minimum atomic E-state index is -0.102. The fraction of sp³-hybridized carbons (Fsp3) is 0.292. The summed E-state index contributed by atoms with van der Waals surface area (Å²) in [7, 11) is 0. The van der Waals surface area contributed by atoms with Crippen LogP contribution in [0.2, 0.25) is 5.02 Å². The molecule has 1 aliphatic rings. The molecule has 1 N–H and O–H groups in total. The number of aromatic nitrogens is 2. The maximum Gasteiger partial charge on any atom is 0.229 e. The van der Waals surface area contributed by atoms with Gasteiger partial charge in [0.25, 0.3) is 0 Å². The van der Waals surface area contributed by atoms with E-state index in [0.29, 0.717) is 11.6 Å². The number of carbonyl (C=O) groups excluding carboxylic acids is 1. The Morgan fingerprint density at radius 2 is 1.90 bits per heavy atom. The summed E-state index contributed by atoms with van der Waals surface area (Å²) >= 11 is 6.18. The highest BCUT2D eigenvalue weighted by Crippen LogP contribution is 2.27. The van der Waals surface area contributed by atoms with Crippen molar-refractivity contribution in [2.75, 3.05) is 23.3 Å². The second-order valence-electron chi connectivity index (χ2n) is 7.78. The second kappa shape index (κ2) is 8.84. The van der Waals surface area contributed by atoms with Gasteiger partial charge < -0.3 is 10.2 Å². The molecule has 5 nitrogen and oxygen atoms in total. The first kappa shape index (κ1) is 20.4. The SMILES string of the molecule is Cc1ccccc1-c1ccc(N2CCCC(C(=O)Nc3cccc(Cl)c3C)C2)nn1. The number of piperidine rings is 1. The van der Waals surface area contributed by atoms with Crippen molar-refractivity contribution in [3.05, 3.63) is 70.7 Å². The smallest absolute Gasteiger partial charge is 0.229 e. The molecule has 30 heavy (non-hydrogen) atoms. The molecule has 154 valence electrons. The van der Waals surface area contributed by atoms with Gasteiger partial charge in [-0.2, -0.15) is 0 Å². The molecule has 2 aromatic carbocycles. The average molecular weight is 421 g/mol. The zero-order valence-electron chi connectivity index (χ0n) is 17.2. The molecule has 6 heteroatoms. The van der Waals surface area contributed by atoms with Gasteiger partial charge in [0.1, 0.15) is 0 Å². The number of nitrogens with one attached hydrogen (secondary N) is 1. The fourth-order valence-electron chi connectivity index (χ4n) is 3.87. The van der Waals surface area contributed by atoms with Crippen molar-refractivity contribution in [1.82, 2.24) is 10.2 Å². The van der Waals surface area contributed by atoms with Crippen LogP contribution >= 0.6 is 11.6 Å². The second-order valence-corrected chi connectivity index (χ2v) is 8.19. The lowest BCUT2D eigenvalue weighted by Crippen LogP contribution is -2.41. The molecule has 4 rings (SSSR count). The van der Waals surface area contributed by atoms with Crippen molar-refractivity contribution < 1.29 is 4.79 Å². The molecule has 1 atom stereocenters. The van der Waals surface area contributed by atoms with E-state index in [2.05, 4.69) is 39.5 Å². The van der Waals surface area contributed by atoms with E-state index in [1.165, 1.54) is 5.56 Å². The normalized spacial score (nSPS) is 16.4. The topological polar surface area (TPSA) is 58.1 Å². The van der Waals surface area contributed by atoms with E-state index in [1.54, 1.807) is 0 Å². The van der Waals surface area contributed by atoms with Gasteiger partial charge >= 0.3 is 0 Å². The Balaban J connectivity index is 1.45. The summed E-state index contributed by atoms with van der Waals surface area (Å²) in [5.74, 6) is 0.730. The first-order chi connectivity index (χ1) is 14.5. The summed E-state index contributed by atoms with van der Waals surface area (Å²) < 4.78 is 0. The van der Waals surface area contributed by atoms with E-state index < -0.39 is 0 Å². The van der Waals surface area contributed by atoms with Gasteiger partial charge in [-0.3, -0.25) is 4.79 Å². The van der Waals surface area contributed by atoms with Gasteiger partial charge in [-0.25, -0.2) is 0 Å². The van der Waals surface area contributed by atoms with Crippen molar-refractivity contribution >= 4 is 29.0 Å². The Hall–Kier alpha value is -2.92. The number of anilines is 2. The number of amides is 1. The zero-order chi connectivity index (χ0) is 21.1. The van der Waals surface area contributed by atoms with Crippen LogP contribution in [-0.4, -0.2) is 29.2 Å². The molecular weight excluding hydrogens is 396 g/mol. The van der Waals surface area contributed by atoms with Crippen molar-refractivity contribution in [2.45, 2.75) is 26.7 Å². The zero-order valence-corrected chi connectivity index (χ0v) is 18.0. The van der Waals surface area contributed by atoms with Gasteiger partial charge in [0.05, 0.1) is 11.6 Å². The lowest BCUT2D eigenvalue weighted by molar-refractivity contribution is -0.120. The minimum absolute atomic E-state index is 0.0227. The Morgan fingerprint density at radius 3 is 2.67 bits per heavy atom. The Kier molecular flexibility index (Phi) is 6.00. The predicted octanol–water partition coefficient (Wildman–Crippen LogP) is 5.27. The van der Waals surface area contributed by atoms with Crippen LogP contribution in [0, 0.1) is 19.8 Å². The van der Waals surface area contributed by atoms with Crippen LogP contribution in [0.3, 0.4) is 0 Å². The summed E-state index contributed by atoms with van der Waals surface area (Å²) in [5, 5.41) is 12.6. The number of hydrogen-bond donors (Lipinski definition) is 1. The third kappa shape index (κ3) is 4.31. The lowest BCUT2D eigenvalue weighted by Gasteiger charge is -2.32. The molecule has 1 aliphatic heterocycles. The Morgan fingerprint density at radius 1 is 1.07 bits per heavy atom. The van der Waals surface area contributed by atoms with E-state index in [-0.39, 0.29) is 11.8 Å². The van der Waals surface area contributed by atoms with Crippen molar-refractivity contribution in [3.8, 4) is 11.3 Å². The van der Waals surface area contributed by atoms with Gasteiger partial charge in [0.15, 0.2) is 5.82 Å². The number of carbonyl (C=O) groups is 1. The van der Waals surface area contributed by atoms with E-state index in [9.17, 15) is 4.79 Å². The van der Waals surface area contributed by atoms with Gasteiger partial charge in [0, 0.05) is 29.4 Å². The third-order valence-electron chi connectivity index (χ3n) is 5.71. The van der Waals surface area contributed by atoms with Crippen LogP contribution in [0.15, 0.2) is 54.6 Å². The minimum Gasteiger partial charge on any atom is -0.354 e. The third-order valence-corrected chi connectivity index (χ3v) is 6.12. The monoisotopic (exact) mass is 420 g/mol. The van der Waals surface area contributed by atoms with Crippen molar-refractivity contribution in [2.24, 2.45) is 5.92 Å². The van der Waals surface area contributed by atoms with Crippen molar-refractivity contribution in [1.29, 1.82) is 0 Å². The molecule has 0 spiro atoms. The standard InChI is InChI=1S/C24H25ClN4O/c1-16-7-3-4-9-19(16)22-12-13-23(28-27-22)29-14-6-8-18(15-29)24(30)26-21-11-5-10-20(25)17(21)2/h3-5,7,9-13,18H,6,8,14-15H2,1-2H3,(H,26,30). The van der Waals surface area contributed by atoms with Crippen LogP contribution in [0.25, 0.3) is 11.3 Å². The van der Waals surface area contributed by atoms with Crippen LogP contribution in [0.1, 0.15) is 24.0 Å². The molecule has 0 bridgehead atoms. The van der Waals surface area contributed by atoms with Crippen LogP contribution in [0.4, 0.5) is 11.5 Å². The number of aryl methyl sites for hydroxylation is 1. The van der Waals surface area contributed by atoms with Gasteiger partial charge in [0.2, 0.25) is 5.91 Å². The van der Waals surface area contributed by atoms with Crippen LogP contribution in [-0.2, 0) is 4.79 Å². The number of rotatable bonds is 4. The highest BCUT2D eigenvalue weighted by atomic mass is 35.5. The van der Waals surface area contributed by atoms with Crippen LogP contribution in [0.5, 0.6) is 0 Å². The number of benzene rings is 2. The molecular formula is C24H25ClN4O. The largest absolute Gasteiger partial charge is 0.354 e. The van der Waals surface area contributed by atoms with E-state index >= 15 is 0 Å². The molecule has 1 aromatic heterocycles. The summed E-state index contributed by atoms with van der Waals surface area (Å²) in [4.78, 5) is 15.0. The molecule has 0 aliphatic carbocycles. The quantitative estimate of drug-likeness (QED) is 0.624. The van der Waals surface area contributed by atoms with Gasteiger partial charge in [-0.1, -0.05) is 41.9 Å². The molecule has 0 saturated carbocycles. The molecule has 1 unspecified atom stereocenters. The molecule has 1 saturated heterocycles. The summed E-state index contributed by atoms with van der Waals surface area (Å²) in [5.41, 5.74) is 4.78. The van der Waals surface area contributed by atoms with E-state index in [1.807, 2.05) is 49.4 Å². The highest BCUT2D eigenvalue weighted by molar-refractivity contribution is 6.31. The highest BCUT2D eigenvalue weighted by Gasteiger charge is 2.27. The number of nitrogens with zero attached hydrogens (tertiary/aromatic N) is 3. The fourth-order valence-corrected chi connectivity index (χ4v) is 4.05. The maximum atomic E-state index is 12.9. The average Bonchev–Trinajstić information content (AvgIpc) is 2.77. The van der Waals surface area contributed by atoms with Crippen molar-refractivity contribution in [3.63, 3.8) is 0 Å². The van der Waals surface area contributed by atoms with Gasteiger partial charge in [-0.05, 0) is 62.1 Å². The molecule has 2 heterocycles. The molecule has 1 fully saturated rings. The number of hydrogen-bond acceptors (Lipinski definition) is 4. The lowest BCUT2D eigenvalue weighted by atomic mass is 9.96. The molecule has 0 radical (unpaired) electrons. The Bertz CT molecular complexity index is 1050. The van der Waals surface area contributed by atoms with E-state index in [0.717, 1.165) is 47.7 Å². The Labute approximate surface area is 182 Å². The maximum absolute atomic E-state index is 12.9. The van der Waals surface area contributed by atoms with Crippen LogP contribution < -0.4 is 10.2 Å².